The number of hydrogen-bond acceptors (Lipinski definition) is 10. The first-order valence-electron chi connectivity index (χ1n) is 20.7. The van der Waals surface area contributed by atoms with Crippen molar-refractivity contribution in [1.82, 2.24) is 14.8 Å². The summed E-state index contributed by atoms with van der Waals surface area (Å²) >= 11 is 0. The molecule has 56 heavy (non-hydrogen) atoms. The number of anilines is 1. The molecule has 9 rings (SSSR count). The summed E-state index contributed by atoms with van der Waals surface area (Å²) in [7, 11) is 6.47. The molecule has 0 amide bonds. The van der Waals surface area contributed by atoms with Crippen molar-refractivity contribution in [3.63, 3.8) is 0 Å². The predicted molar refractivity (Wildman–Crippen MR) is 214 cm³/mol. The van der Waals surface area contributed by atoms with E-state index in [0.29, 0.717) is 43.5 Å². The van der Waals surface area contributed by atoms with Crippen LogP contribution in [0.15, 0.2) is 48.6 Å². The van der Waals surface area contributed by atoms with Crippen molar-refractivity contribution in [2.24, 2.45) is 11.3 Å². The van der Waals surface area contributed by atoms with Crippen molar-refractivity contribution in [3.05, 3.63) is 70.9 Å². The predicted octanol–water partition coefficient (Wildman–Crippen LogP) is 4.84. The van der Waals surface area contributed by atoms with E-state index < -0.39 is 39.5 Å². The minimum Gasteiger partial charge on any atom is -0.496 e. The van der Waals surface area contributed by atoms with E-state index in [1.807, 2.05) is 32.2 Å². The van der Waals surface area contributed by atoms with Gasteiger partial charge in [-0.2, -0.15) is 0 Å². The number of fused-ring (bicyclic) bond motifs is 6. The first-order chi connectivity index (χ1) is 26.9. The molecule has 1 unspecified atom stereocenters. The molecule has 1 spiro atoms. The highest BCUT2D eigenvalue weighted by Crippen LogP contribution is 2.67. The monoisotopic (exact) mass is 766 g/mol. The number of ether oxygens (including phenoxy) is 3. The molecule has 1 aromatic heterocycles. The minimum absolute atomic E-state index is 0.0108. The van der Waals surface area contributed by atoms with Crippen LogP contribution >= 0.6 is 0 Å². The molecule has 300 valence electrons. The lowest BCUT2D eigenvalue weighted by Crippen LogP contribution is -2.78. The molecular formula is C45H58N4O7. The summed E-state index contributed by atoms with van der Waals surface area (Å²) in [6.07, 6.45) is 9.35. The molecule has 6 heterocycles. The van der Waals surface area contributed by atoms with E-state index in [-0.39, 0.29) is 24.3 Å². The number of benzene rings is 2. The summed E-state index contributed by atoms with van der Waals surface area (Å²) in [6.45, 7) is 8.02. The van der Waals surface area contributed by atoms with Crippen LogP contribution in [0.2, 0.25) is 0 Å². The Morgan fingerprint density at radius 1 is 0.964 bits per heavy atom. The topological polar surface area (TPSA) is 128 Å². The molecule has 1 aliphatic carbocycles. The maximum Gasteiger partial charge on any atom is 0.340 e. The van der Waals surface area contributed by atoms with Crippen molar-refractivity contribution in [2.75, 3.05) is 66.0 Å². The smallest absolute Gasteiger partial charge is 0.340 e. The highest BCUT2D eigenvalue weighted by molar-refractivity contribution is 5.94. The molecule has 6 aliphatic rings. The van der Waals surface area contributed by atoms with E-state index in [2.05, 4.69) is 57.0 Å². The van der Waals surface area contributed by atoms with Crippen LogP contribution < -0.4 is 9.64 Å². The summed E-state index contributed by atoms with van der Waals surface area (Å²) in [4.78, 5) is 40.2. The van der Waals surface area contributed by atoms with Crippen LogP contribution in [-0.4, -0.2) is 121 Å². The third-order valence-corrected chi connectivity index (χ3v) is 15.4. The van der Waals surface area contributed by atoms with Gasteiger partial charge in [0.25, 0.3) is 0 Å². The van der Waals surface area contributed by atoms with Crippen LogP contribution in [0.3, 0.4) is 0 Å². The van der Waals surface area contributed by atoms with Gasteiger partial charge in [0, 0.05) is 84.0 Å². The average molecular weight is 767 g/mol. The summed E-state index contributed by atoms with van der Waals surface area (Å²) < 4.78 is 17.8. The number of nitrogens with zero attached hydrogens (tertiary/aromatic N) is 3. The Labute approximate surface area is 329 Å². The zero-order chi connectivity index (χ0) is 39.4. The maximum atomic E-state index is 15.3. The lowest BCUT2D eigenvalue weighted by Gasteiger charge is -2.66. The Hall–Kier alpha value is -3.90. The van der Waals surface area contributed by atoms with E-state index in [9.17, 15) is 15.0 Å². The second kappa shape index (κ2) is 13.1. The van der Waals surface area contributed by atoms with Crippen molar-refractivity contribution in [2.45, 2.75) is 99.3 Å². The third kappa shape index (κ3) is 4.89. The quantitative estimate of drug-likeness (QED) is 0.237. The van der Waals surface area contributed by atoms with Crippen LogP contribution in [0.4, 0.5) is 5.69 Å². The van der Waals surface area contributed by atoms with Gasteiger partial charge in [-0.05, 0) is 87.1 Å². The number of esters is 2. The Morgan fingerprint density at radius 2 is 1.75 bits per heavy atom. The molecule has 1 saturated carbocycles. The summed E-state index contributed by atoms with van der Waals surface area (Å²) in [5, 5.41) is 26.0. The highest BCUT2D eigenvalue weighted by Gasteiger charge is 2.74. The number of H-pyrrole nitrogens is 1. The van der Waals surface area contributed by atoms with Crippen LogP contribution in [0.1, 0.15) is 81.2 Å². The van der Waals surface area contributed by atoms with Crippen LogP contribution in [-0.2, 0) is 36.3 Å². The Kier molecular flexibility index (Phi) is 8.78. The van der Waals surface area contributed by atoms with E-state index >= 15 is 4.79 Å². The largest absolute Gasteiger partial charge is 0.496 e. The molecule has 3 aromatic rings. The van der Waals surface area contributed by atoms with E-state index in [1.54, 1.807) is 7.11 Å². The van der Waals surface area contributed by atoms with Gasteiger partial charge in [-0.15, -0.1) is 0 Å². The highest BCUT2D eigenvalue weighted by atomic mass is 16.5. The van der Waals surface area contributed by atoms with Gasteiger partial charge < -0.3 is 34.3 Å². The molecule has 5 aliphatic heterocycles. The summed E-state index contributed by atoms with van der Waals surface area (Å²) in [5.41, 5.74) is 0.186. The molecule has 2 saturated heterocycles. The zero-order valence-corrected chi connectivity index (χ0v) is 33.8. The van der Waals surface area contributed by atoms with E-state index in [4.69, 9.17) is 14.2 Å². The molecule has 9 atom stereocenters. The van der Waals surface area contributed by atoms with Gasteiger partial charge in [-0.3, -0.25) is 14.6 Å². The number of para-hydroxylation sites is 1. The van der Waals surface area contributed by atoms with E-state index in [1.165, 1.54) is 14.2 Å². The number of piperidine rings is 2. The number of aliphatic hydroxyl groups is 2. The second-order valence-electron chi connectivity index (χ2n) is 18.0. The maximum absolute atomic E-state index is 15.3. The molecule has 2 bridgehead atoms. The molecule has 3 N–H and O–H groups in total. The molecule has 3 fully saturated rings. The Balaban J connectivity index is 1.36. The van der Waals surface area contributed by atoms with Gasteiger partial charge in [0.2, 0.25) is 0 Å². The molecule has 0 radical (unpaired) electrons. The van der Waals surface area contributed by atoms with Crippen molar-refractivity contribution < 1.29 is 34.0 Å². The average Bonchev–Trinajstić information content (AvgIpc) is 3.71. The minimum atomic E-state index is -1.81. The van der Waals surface area contributed by atoms with Crippen molar-refractivity contribution in [1.29, 1.82) is 0 Å². The van der Waals surface area contributed by atoms with E-state index in [0.717, 1.165) is 78.9 Å². The molecule has 2 aromatic carbocycles. The van der Waals surface area contributed by atoms with Crippen LogP contribution in [0.5, 0.6) is 5.75 Å². The third-order valence-electron chi connectivity index (χ3n) is 15.4. The molecular weight excluding hydrogens is 709 g/mol. The molecule has 11 nitrogen and oxygen atoms in total. The number of likely N-dealkylation sites (N-methyl/N-ethyl adjacent to an activating group) is 1. The SMILES string of the molecule is CC[C@]1(O)C[C@@H]2CN(CCc3c([nH]c4ccccc34)[C@@](C(=O)OC)(c3cc4c(cc3OC)N(C)[C@@H]3[C@]45CCCN4CC=C[C@@](CC)(C[C@]3(O)C(=O)OC)[C@H]45)C2)C1. The van der Waals surface area contributed by atoms with Gasteiger partial charge in [-0.1, -0.05) is 44.2 Å². The van der Waals surface area contributed by atoms with Crippen LogP contribution in [0.25, 0.3) is 10.9 Å². The number of rotatable bonds is 6. The van der Waals surface area contributed by atoms with Crippen molar-refractivity contribution in [3.8, 4) is 5.75 Å². The number of methoxy groups -OCH3 is 3. The number of aromatic amines is 1. The first-order valence-corrected chi connectivity index (χ1v) is 20.7. The summed E-state index contributed by atoms with van der Waals surface area (Å²) in [6, 6.07) is 11.9. The van der Waals surface area contributed by atoms with Gasteiger partial charge >= 0.3 is 11.9 Å². The van der Waals surface area contributed by atoms with Gasteiger partial charge in [0.05, 0.1) is 33.0 Å². The number of carbonyl (C=O) groups is 2. The first kappa shape index (κ1) is 37.7. The number of hydrogen-bond donors (Lipinski definition) is 3. The lowest BCUT2D eigenvalue weighted by atomic mass is 9.46. The Bertz CT molecular complexity index is 2120. The fourth-order valence-corrected chi connectivity index (χ4v) is 13.4. The zero-order valence-electron chi connectivity index (χ0n) is 33.8. The fourth-order valence-electron chi connectivity index (χ4n) is 13.4. The Morgan fingerprint density at radius 3 is 2.48 bits per heavy atom. The second-order valence-corrected chi connectivity index (χ2v) is 18.0. The number of aromatic nitrogens is 1. The van der Waals surface area contributed by atoms with Gasteiger partial charge in [0.15, 0.2) is 5.60 Å². The number of carbonyl (C=O) groups excluding carboxylic acids is 2. The number of nitrogens with one attached hydrogen (secondary N) is 1. The lowest BCUT2D eigenvalue weighted by molar-refractivity contribution is -0.189. The van der Waals surface area contributed by atoms with Crippen LogP contribution in [0, 0.1) is 11.3 Å². The standard InChI is InChI=1S/C45H58N4O7/c1-7-41-16-11-18-49-19-12-17-43(37(41)49)31-21-32(35(54-4)22-34(31)47(3)38(43)45(53,26-41)40(51)56-6)44(39(50)55-5)24-28-23-42(52,8-2)27-48(25-28)20-15-30-29-13-9-10-14-33(29)46-36(30)44/h9-11,13-14,16,21-22,28,37-38,46,52-53H,7-8,12,15,17-20,23-27H2,1-6H3/t28-,37-,38+,41-,42-,43+,44-,45+/m0/s1. The molecule has 11 heteroatoms. The fraction of sp³-hybridized carbons (Fsp3) is 0.600. The normalized spacial score (nSPS) is 37.3. The van der Waals surface area contributed by atoms with Gasteiger partial charge in [0.1, 0.15) is 11.2 Å². The van der Waals surface area contributed by atoms with Crippen molar-refractivity contribution >= 4 is 28.5 Å². The summed E-state index contributed by atoms with van der Waals surface area (Å²) in [5.74, 6) is -0.507. The van der Waals surface area contributed by atoms with Gasteiger partial charge in [-0.25, -0.2) is 4.79 Å².